The Labute approximate surface area is 257 Å². The predicted octanol–water partition coefficient (Wildman–Crippen LogP) is 5.15. The molecule has 0 spiro atoms. The number of rotatable bonds is 7. The number of carbonyl (C=O) groups excluding carboxylic acids is 1. The molecule has 0 saturated heterocycles. The number of carbonyl (C=O) groups is 1. The van der Waals surface area contributed by atoms with Gasteiger partial charge in [-0.2, -0.15) is 21.6 Å². The third-order valence-electron chi connectivity index (χ3n) is 6.56. The summed E-state index contributed by atoms with van der Waals surface area (Å²) in [4.78, 5) is 36.7. The van der Waals surface area contributed by atoms with Crippen molar-refractivity contribution in [2.75, 3.05) is 19.3 Å². The Bertz CT molecular complexity index is 1820. The van der Waals surface area contributed by atoms with Crippen LogP contribution in [-0.4, -0.2) is 53.8 Å². The maximum absolute atomic E-state index is 13.1. The molecule has 228 valence electrons. The van der Waals surface area contributed by atoms with Crippen molar-refractivity contribution in [1.29, 1.82) is 0 Å². The SMILES string of the molecule is CS(=O)(=O)Oc1cccc(Cl)c1C1CC(c2csc(C3=CCN(C(=O)Cn4cc(C(F)(F)F)cc(Cl)c4=O)CC3)n2)=NO1. The van der Waals surface area contributed by atoms with Crippen molar-refractivity contribution < 1.29 is 35.4 Å². The smallest absolute Gasteiger partial charge is 0.387 e. The quantitative estimate of drug-likeness (QED) is 0.318. The number of hydrogen-bond acceptors (Lipinski definition) is 9. The van der Waals surface area contributed by atoms with Gasteiger partial charge < -0.3 is 18.5 Å². The topological polar surface area (TPSA) is 120 Å². The summed E-state index contributed by atoms with van der Waals surface area (Å²) in [6, 6.07) is 5.16. The molecule has 1 amide bonds. The highest BCUT2D eigenvalue weighted by Crippen LogP contribution is 2.40. The van der Waals surface area contributed by atoms with Crippen LogP contribution in [0, 0.1) is 0 Å². The molecule has 2 aliphatic heterocycles. The van der Waals surface area contributed by atoms with Crippen LogP contribution >= 0.6 is 34.5 Å². The van der Waals surface area contributed by atoms with Gasteiger partial charge in [0, 0.05) is 31.1 Å². The van der Waals surface area contributed by atoms with E-state index in [9.17, 15) is 31.2 Å². The highest BCUT2D eigenvalue weighted by Gasteiger charge is 2.33. The molecule has 2 aromatic heterocycles. The maximum Gasteiger partial charge on any atom is 0.417 e. The molecule has 17 heteroatoms. The molecule has 4 heterocycles. The van der Waals surface area contributed by atoms with Gasteiger partial charge in [0.1, 0.15) is 22.3 Å². The first-order valence-corrected chi connectivity index (χ1v) is 16.0. The van der Waals surface area contributed by atoms with Crippen LogP contribution in [0.2, 0.25) is 10.0 Å². The van der Waals surface area contributed by atoms with Crippen LogP contribution < -0.4 is 9.74 Å². The fourth-order valence-corrected chi connectivity index (χ4v) is 6.40. The number of pyridine rings is 1. The Morgan fingerprint density at radius 2 is 2.02 bits per heavy atom. The van der Waals surface area contributed by atoms with Crippen molar-refractivity contribution >= 4 is 61.8 Å². The molecule has 5 rings (SSSR count). The van der Waals surface area contributed by atoms with E-state index >= 15 is 0 Å². The van der Waals surface area contributed by atoms with E-state index in [0.717, 1.165) is 11.8 Å². The zero-order valence-corrected chi connectivity index (χ0v) is 25.2. The minimum absolute atomic E-state index is 0.0444. The third-order valence-corrected chi connectivity index (χ3v) is 8.56. The standard InChI is InChI=1S/C26H21Cl2F3N4O6S2/c1-43(38,39)41-20-4-2-3-16(27)23(20)21-10-18(33-40-21)19-13-42-24(32-19)14-5-7-34(8-6-14)22(36)12-35-11-15(26(29,30)31)9-17(28)25(35)37/h2-5,9,11,13,21H,6-8,10,12H2,1H3. The second-order valence-corrected chi connectivity index (χ2v) is 12.9. The van der Waals surface area contributed by atoms with Crippen LogP contribution in [0.3, 0.4) is 0 Å². The Morgan fingerprint density at radius 3 is 2.70 bits per heavy atom. The summed E-state index contributed by atoms with van der Waals surface area (Å²) < 4.78 is 68.5. The fraction of sp³-hybridized carbons (Fsp3) is 0.308. The Kier molecular flexibility index (Phi) is 8.62. The highest BCUT2D eigenvalue weighted by molar-refractivity contribution is 7.86. The first kappa shape index (κ1) is 31.0. The monoisotopic (exact) mass is 676 g/mol. The van der Waals surface area contributed by atoms with E-state index in [1.807, 2.05) is 0 Å². The van der Waals surface area contributed by atoms with Crippen molar-refractivity contribution in [3.05, 3.63) is 84.1 Å². The largest absolute Gasteiger partial charge is 0.417 e. The summed E-state index contributed by atoms with van der Waals surface area (Å²) >= 11 is 13.4. The molecule has 0 aliphatic carbocycles. The van der Waals surface area contributed by atoms with Gasteiger partial charge in [-0.05, 0) is 30.2 Å². The van der Waals surface area contributed by atoms with Crippen LogP contribution in [-0.2, 0) is 32.5 Å². The van der Waals surface area contributed by atoms with Crippen molar-refractivity contribution in [3.63, 3.8) is 0 Å². The second-order valence-electron chi connectivity index (χ2n) is 9.64. The van der Waals surface area contributed by atoms with Crippen molar-refractivity contribution in [2.24, 2.45) is 5.16 Å². The molecule has 0 saturated carbocycles. The highest BCUT2D eigenvalue weighted by atomic mass is 35.5. The van der Waals surface area contributed by atoms with E-state index in [0.29, 0.717) is 45.2 Å². The average molecular weight is 678 g/mol. The van der Waals surface area contributed by atoms with E-state index in [1.165, 1.54) is 22.3 Å². The van der Waals surface area contributed by atoms with Gasteiger partial charge >= 0.3 is 16.3 Å². The van der Waals surface area contributed by atoms with Gasteiger partial charge in [0.15, 0.2) is 11.9 Å². The molecule has 0 bridgehead atoms. The first-order valence-electron chi connectivity index (χ1n) is 12.5. The number of halogens is 5. The lowest BCUT2D eigenvalue weighted by Gasteiger charge is -2.26. The number of alkyl halides is 3. The van der Waals surface area contributed by atoms with Gasteiger partial charge in [-0.1, -0.05) is 40.5 Å². The lowest BCUT2D eigenvalue weighted by atomic mass is 10.0. The van der Waals surface area contributed by atoms with Crippen LogP contribution in [0.25, 0.3) is 5.57 Å². The minimum Gasteiger partial charge on any atom is -0.387 e. The van der Waals surface area contributed by atoms with Crippen molar-refractivity contribution in [2.45, 2.75) is 31.7 Å². The van der Waals surface area contributed by atoms with Gasteiger partial charge in [-0.3, -0.25) is 9.59 Å². The van der Waals surface area contributed by atoms with Gasteiger partial charge in [-0.25, -0.2) is 4.98 Å². The third kappa shape index (κ3) is 7.06. The molecule has 43 heavy (non-hydrogen) atoms. The number of benzene rings is 1. The molecule has 1 unspecified atom stereocenters. The van der Waals surface area contributed by atoms with Gasteiger partial charge in [-0.15, -0.1) is 11.3 Å². The predicted molar refractivity (Wildman–Crippen MR) is 154 cm³/mol. The van der Waals surface area contributed by atoms with Crippen LogP contribution in [0.5, 0.6) is 5.75 Å². The number of amides is 1. The average Bonchev–Trinajstić information content (AvgIpc) is 3.60. The maximum atomic E-state index is 13.1. The normalized spacial score (nSPS) is 17.3. The van der Waals surface area contributed by atoms with E-state index < -0.39 is 51.0 Å². The van der Waals surface area contributed by atoms with Crippen LogP contribution in [0.15, 0.2) is 51.9 Å². The van der Waals surface area contributed by atoms with Crippen molar-refractivity contribution in [1.82, 2.24) is 14.5 Å². The summed E-state index contributed by atoms with van der Waals surface area (Å²) in [6.07, 6.45) is -1.44. The molecule has 1 aromatic carbocycles. The Balaban J connectivity index is 1.24. The molecule has 3 aromatic rings. The fourth-order valence-electron chi connectivity index (χ4n) is 4.51. The van der Waals surface area contributed by atoms with Crippen LogP contribution in [0.4, 0.5) is 13.2 Å². The Hall–Kier alpha value is -3.40. The number of aromatic nitrogens is 2. The zero-order valence-electron chi connectivity index (χ0n) is 22.1. The Morgan fingerprint density at radius 1 is 1.26 bits per heavy atom. The number of thiazole rings is 1. The summed E-state index contributed by atoms with van der Waals surface area (Å²) in [6.45, 7) is -0.147. The molecule has 2 aliphatic rings. The minimum atomic E-state index is -4.72. The number of hydrogen-bond donors (Lipinski definition) is 0. The number of oxime groups is 1. The zero-order chi connectivity index (χ0) is 31.1. The molecule has 1 atom stereocenters. The van der Waals surface area contributed by atoms with Gasteiger partial charge in [0.05, 0.1) is 28.1 Å². The summed E-state index contributed by atoms with van der Waals surface area (Å²) in [5, 5.41) is 6.24. The summed E-state index contributed by atoms with van der Waals surface area (Å²) in [7, 11) is -3.81. The van der Waals surface area contributed by atoms with Gasteiger partial charge in [0.25, 0.3) is 5.56 Å². The number of nitrogens with zero attached hydrogens (tertiary/aromatic N) is 4. The van der Waals surface area contributed by atoms with E-state index in [4.69, 9.17) is 32.2 Å². The van der Waals surface area contributed by atoms with E-state index in [2.05, 4.69) is 10.1 Å². The molecule has 0 radical (unpaired) electrons. The second kappa shape index (κ2) is 11.9. The van der Waals surface area contributed by atoms with Gasteiger partial charge in [0.2, 0.25) is 5.91 Å². The first-order chi connectivity index (χ1) is 20.2. The van der Waals surface area contributed by atoms with E-state index in [1.54, 1.807) is 23.6 Å². The molecular weight excluding hydrogens is 656 g/mol. The lowest BCUT2D eigenvalue weighted by Crippen LogP contribution is -2.39. The molecular formula is C26H21Cl2F3N4O6S2. The van der Waals surface area contributed by atoms with E-state index in [-0.39, 0.29) is 30.3 Å². The van der Waals surface area contributed by atoms with Crippen molar-refractivity contribution in [3.8, 4) is 5.75 Å². The van der Waals surface area contributed by atoms with Crippen LogP contribution in [0.1, 0.15) is 40.8 Å². The molecule has 10 nitrogen and oxygen atoms in total. The summed E-state index contributed by atoms with van der Waals surface area (Å²) in [5.41, 5.74) is 0.282. The summed E-state index contributed by atoms with van der Waals surface area (Å²) in [5.74, 6) is -0.488. The molecule has 0 fully saturated rings. The lowest BCUT2D eigenvalue weighted by molar-refractivity contribution is -0.138. The molecule has 0 N–H and O–H groups in total.